The standard InChI is InChI=1S/C15H22N2O/c1-13(2)15(12-18)17(10-6-9-16)11-14-7-4-3-5-8-14/h3-5,7-8,13,15,18H,6,10-12H2,1-2H3. The molecule has 0 aliphatic rings. The van der Waals surface area contributed by atoms with Gasteiger partial charge in [0.1, 0.15) is 0 Å². The molecule has 98 valence electrons. The average molecular weight is 246 g/mol. The molecule has 0 saturated carbocycles. The molecule has 0 aliphatic carbocycles. The van der Waals surface area contributed by atoms with Crippen molar-refractivity contribution in [2.45, 2.75) is 32.9 Å². The van der Waals surface area contributed by atoms with E-state index in [9.17, 15) is 5.11 Å². The lowest BCUT2D eigenvalue weighted by molar-refractivity contribution is 0.0865. The van der Waals surface area contributed by atoms with Gasteiger partial charge >= 0.3 is 0 Å². The predicted octanol–water partition coefficient (Wildman–Crippen LogP) is 2.42. The van der Waals surface area contributed by atoms with Crippen molar-refractivity contribution >= 4 is 0 Å². The molecule has 1 aromatic carbocycles. The molecule has 18 heavy (non-hydrogen) atoms. The van der Waals surface area contributed by atoms with Gasteiger partial charge in [-0.2, -0.15) is 5.26 Å². The second kappa shape index (κ2) is 7.86. The lowest BCUT2D eigenvalue weighted by atomic mass is 10.0. The molecule has 0 radical (unpaired) electrons. The zero-order chi connectivity index (χ0) is 13.4. The fourth-order valence-corrected chi connectivity index (χ4v) is 2.12. The van der Waals surface area contributed by atoms with Gasteiger partial charge in [0.05, 0.1) is 12.7 Å². The van der Waals surface area contributed by atoms with Gasteiger partial charge in [-0.05, 0) is 11.5 Å². The van der Waals surface area contributed by atoms with Crippen LogP contribution >= 0.6 is 0 Å². The summed E-state index contributed by atoms with van der Waals surface area (Å²) in [6, 6.07) is 12.5. The van der Waals surface area contributed by atoms with E-state index in [1.165, 1.54) is 5.56 Å². The van der Waals surface area contributed by atoms with Crippen LogP contribution in [-0.4, -0.2) is 29.2 Å². The van der Waals surface area contributed by atoms with Crippen molar-refractivity contribution in [3.8, 4) is 6.07 Å². The van der Waals surface area contributed by atoms with Crippen LogP contribution in [0.15, 0.2) is 30.3 Å². The number of hydrogen-bond acceptors (Lipinski definition) is 3. The van der Waals surface area contributed by atoms with Crippen molar-refractivity contribution in [2.75, 3.05) is 13.2 Å². The third-order valence-corrected chi connectivity index (χ3v) is 3.16. The van der Waals surface area contributed by atoms with Crippen LogP contribution in [0.5, 0.6) is 0 Å². The predicted molar refractivity (Wildman–Crippen MR) is 72.8 cm³/mol. The minimum atomic E-state index is 0.110. The molecule has 3 heteroatoms. The average Bonchev–Trinajstić information content (AvgIpc) is 2.37. The molecule has 0 amide bonds. The van der Waals surface area contributed by atoms with Gasteiger partial charge in [0, 0.05) is 25.6 Å². The summed E-state index contributed by atoms with van der Waals surface area (Å²) in [7, 11) is 0. The zero-order valence-electron chi connectivity index (χ0n) is 11.2. The molecule has 0 aromatic heterocycles. The Morgan fingerprint density at radius 3 is 2.44 bits per heavy atom. The van der Waals surface area contributed by atoms with E-state index in [1.54, 1.807) is 0 Å². The molecule has 0 bridgehead atoms. The van der Waals surface area contributed by atoms with Crippen LogP contribution in [0.2, 0.25) is 0 Å². The fraction of sp³-hybridized carbons (Fsp3) is 0.533. The molecule has 3 nitrogen and oxygen atoms in total. The van der Waals surface area contributed by atoms with Gasteiger partial charge in [0.25, 0.3) is 0 Å². The summed E-state index contributed by atoms with van der Waals surface area (Å²) in [4.78, 5) is 2.20. The third kappa shape index (κ3) is 4.48. The second-order valence-corrected chi connectivity index (χ2v) is 4.86. The summed E-state index contributed by atoms with van der Waals surface area (Å²) in [6.07, 6.45) is 0.496. The van der Waals surface area contributed by atoms with Crippen molar-refractivity contribution in [1.29, 1.82) is 5.26 Å². The highest BCUT2D eigenvalue weighted by molar-refractivity contribution is 5.14. The first-order chi connectivity index (χ1) is 8.69. The zero-order valence-corrected chi connectivity index (χ0v) is 11.2. The van der Waals surface area contributed by atoms with Crippen molar-refractivity contribution in [2.24, 2.45) is 5.92 Å². The van der Waals surface area contributed by atoms with Crippen molar-refractivity contribution in [3.05, 3.63) is 35.9 Å². The number of aliphatic hydroxyl groups excluding tert-OH is 1. The molecule has 1 unspecified atom stereocenters. The maximum absolute atomic E-state index is 9.52. The van der Waals surface area contributed by atoms with E-state index in [0.717, 1.165) is 6.54 Å². The maximum Gasteiger partial charge on any atom is 0.0635 e. The Hall–Kier alpha value is -1.37. The molecular weight excluding hydrogens is 224 g/mol. The molecule has 1 atom stereocenters. The molecule has 0 heterocycles. The van der Waals surface area contributed by atoms with Gasteiger partial charge in [-0.15, -0.1) is 0 Å². The molecule has 0 saturated heterocycles. The second-order valence-electron chi connectivity index (χ2n) is 4.86. The largest absolute Gasteiger partial charge is 0.395 e. The quantitative estimate of drug-likeness (QED) is 0.803. The van der Waals surface area contributed by atoms with E-state index < -0.39 is 0 Å². The van der Waals surface area contributed by atoms with Gasteiger partial charge in [0.2, 0.25) is 0 Å². The summed E-state index contributed by atoms with van der Waals surface area (Å²) in [5.41, 5.74) is 1.22. The van der Waals surface area contributed by atoms with Crippen LogP contribution in [-0.2, 0) is 6.54 Å². The first-order valence-electron chi connectivity index (χ1n) is 6.44. The van der Waals surface area contributed by atoms with Gasteiger partial charge in [-0.1, -0.05) is 44.2 Å². The molecular formula is C15H22N2O. The highest BCUT2D eigenvalue weighted by Gasteiger charge is 2.20. The van der Waals surface area contributed by atoms with E-state index in [0.29, 0.717) is 18.9 Å². The van der Waals surface area contributed by atoms with Crippen LogP contribution in [0.1, 0.15) is 25.8 Å². The highest BCUT2D eigenvalue weighted by atomic mass is 16.3. The van der Waals surface area contributed by atoms with Crippen LogP contribution in [0.25, 0.3) is 0 Å². The highest BCUT2D eigenvalue weighted by Crippen LogP contribution is 2.15. The number of hydrogen-bond donors (Lipinski definition) is 1. The summed E-state index contributed by atoms with van der Waals surface area (Å²) in [6.45, 7) is 5.83. The Labute approximate surface area is 110 Å². The minimum absolute atomic E-state index is 0.110. The number of rotatable bonds is 7. The van der Waals surface area contributed by atoms with Crippen molar-refractivity contribution < 1.29 is 5.11 Å². The van der Waals surface area contributed by atoms with E-state index in [-0.39, 0.29) is 12.6 Å². The third-order valence-electron chi connectivity index (χ3n) is 3.16. The summed E-state index contributed by atoms with van der Waals surface area (Å²) < 4.78 is 0. The van der Waals surface area contributed by atoms with E-state index in [1.807, 2.05) is 18.2 Å². The maximum atomic E-state index is 9.52. The SMILES string of the molecule is CC(C)C(CO)N(CCC#N)Cc1ccccc1. The Morgan fingerprint density at radius 2 is 1.94 bits per heavy atom. The molecule has 0 fully saturated rings. The van der Waals surface area contributed by atoms with Crippen LogP contribution in [0.3, 0.4) is 0 Å². The minimum Gasteiger partial charge on any atom is -0.395 e. The van der Waals surface area contributed by atoms with Gasteiger partial charge in [0.15, 0.2) is 0 Å². The van der Waals surface area contributed by atoms with E-state index >= 15 is 0 Å². The Bertz CT molecular complexity index is 370. The van der Waals surface area contributed by atoms with Crippen LogP contribution in [0.4, 0.5) is 0 Å². The number of aliphatic hydroxyl groups is 1. The number of benzene rings is 1. The monoisotopic (exact) mass is 246 g/mol. The lowest BCUT2D eigenvalue weighted by Crippen LogP contribution is -2.41. The van der Waals surface area contributed by atoms with E-state index in [2.05, 4.69) is 36.9 Å². The molecule has 0 aliphatic heterocycles. The Morgan fingerprint density at radius 1 is 1.28 bits per heavy atom. The van der Waals surface area contributed by atoms with E-state index in [4.69, 9.17) is 5.26 Å². The normalized spacial score (nSPS) is 12.7. The number of nitriles is 1. The Balaban J connectivity index is 2.74. The van der Waals surface area contributed by atoms with Crippen LogP contribution in [0, 0.1) is 17.2 Å². The summed E-state index contributed by atoms with van der Waals surface area (Å²) >= 11 is 0. The van der Waals surface area contributed by atoms with Gasteiger partial charge < -0.3 is 5.11 Å². The van der Waals surface area contributed by atoms with Gasteiger partial charge in [-0.25, -0.2) is 0 Å². The Kier molecular flexibility index (Phi) is 6.42. The summed E-state index contributed by atoms with van der Waals surface area (Å²) in [5, 5.41) is 18.3. The van der Waals surface area contributed by atoms with Crippen molar-refractivity contribution in [3.63, 3.8) is 0 Å². The topological polar surface area (TPSA) is 47.3 Å². The first kappa shape index (κ1) is 14.7. The molecule has 1 N–H and O–H groups in total. The molecule has 1 aromatic rings. The number of nitrogens with zero attached hydrogens (tertiary/aromatic N) is 2. The van der Waals surface area contributed by atoms with Gasteiger partial charge in [-0.3, -0.25) is 4.90 Å². The van der Waals surface area contributed by atoms with Crippen molar-refractivity contribution in [1.82, 2.24) is 4.90 Å². The first-order valence-corrected chi connectivity index (χ1v) is 6.44. The molecule has 0 spiro atoms. The van der Waals surface area contributed by atoms with Crippen LogP contribution < -0.4 is 0 Å². The smallest absolute Gasteiger partial charge is 0.0635 e. The lowest BCUT2D eigenvalue weighted by Gasteiger charge is -2.32. The summed E-state index contributed by atoms with van der Waals surface area (Å²) in [5.74, 6) is 0.373. The molecule has 1 rings (SSSR count). The fourth-order valence-electron chi connectivity index (χ4n) is 2.12.